The van der Waals surface area contributed by atoms with Crippen LogP contribution in [0.5, 0.6) is 5.75 Å². The molecule has 0 aliphatic rings. The zero-order valence-corrected chi connectivity index (χ0v) is 13.9. The molecule has 10 heteroatoms. The molecule has 2 N–H and O–H groups in total. The zero-order valence-electron chi connectivity index (χ0n) is 13.1. The van der Waals surface area contributed by atoms with Crippen molar-refractivity contribution in [3.05, 3.63) is 60.2 Å². The second-order valence-corrected chi connectivity index (χ2v) is 6.94. The van der Waals surface area contributed by atoms with Crippen LogP contribution in [0.1, 0.15) is 5.56 Å². The van der Waals surface area contributed by atoms with Crippen LogP contribution in [-0.2, 0) is 21.2 Å². The van der Waals surface area contributed by atoms with Gasteiger partial charge in [0.15, 0.2) is 0 Å². The molecule has 1 unspecified atom stereocenters. The van der Waals surface area contributed by atoms with E-state index in [0.29, 0.717) is 5.56 Å². The number of carboxylic acid groups (broad SMARTS) is 1. The van der Waals surface area contributed by atoms with Crippen molar-refractivity contribution in [2.45, 2.75) is 23.7 Å². The van der Waals surface area contributed by atoms with Gasteiger partial charge in [-0.3, -0.25) is 4.79 Å². The highest BCUT2D eigenvalue weighted by molar-refractivity contribution is 7.89. The Labute approximate surface area is 147 Å². The SMILES string of the molecule is O=C(O)C(Cc1ccccc1)NS(=O)(=O)c1ccc(OC(F)(F)F)cc1. The van der Waals surface area contributed by atoms with E-state index in [1.54, 1.807) is 30.3 Å². The Morgan fingerprint density at radius 1 is 1.08 bits per heavy atom. The molecule has 0 aliphatic carbocycles. The van der Waals surface area contributed by atoms with Crippen LogP contribution in [0.2, 0.25) is 0 Å². The molecular weight excluding hydrogens is 375 g/mol. The minimum Gasteiger partial charge on any atom is -0.480 e. The molecule has 0 saturated heterocycles. The number of rotatable bonds is 7. The smallest absolute Gasteiger partial charge is 0.480 e. The monoisotopic (exact) mass is 389 g/mol. The molecule has 2 aromatic carbocycles. The summed E-state index contributed by atoms with van der Waals surface area (Å²) < 4.78 is 66.7. The second kappa shape index (κ2) is 7.75. The minimum atomic E-state index is -4.90. The molecular formula is C16H14F3NO5S. The predicted octanol–water partition coefficient (Wildman–Crippen LogP) is 2.56. The number of nitrogens with one attached hydrogen (secondary N) is 1. The standard InChI is InChI=1S/C16H14F3NO5S/c17-16(18,19)25-12-6-8-13(9-7-12)26(23,24)20-14(15(21)22)10-11-4-2-1-3-5-11/h1-9,14,20H,10H2,(H,21,22). The third-order valence-electron chi connectivity index (χ3n) is 3.25. The quantitative estimate of drug-likeness (QED) is 0.759. The van der Waals surface area contributed by atoms with E-state index in [1.165, 1.54) is 0 Å². The van der Waals surface area contributed by atoms with Crippen molar-refractivity contribution >= 4 is 16.0 Å². The highest BCUT2D eigenvalue weighted by Gasteiger charge is 2.31. The van der Waals surface area contributed by atoms with Gasteiger partial charge in [-0.25, -0.2) is 8.42 Å². The van der Waals surface area contributed by atoms with Crippen LogP contribution in [-0.4, -0.2) is 31.9 Å². The van der Waals surface area contributed by atoms with Gasteiger partial charge in [-0.15, -0.1) is 13.2 Å². The molecule has 0 aromatic heterocycles. The average Bonchev–Trinajstić information content (AvgIpc) is 2.54. The summed E-state index contributed by atoms with van der Waals surface area (Å²) in [7, 11) is -4.25. The fourth-order valence-corrected chi connectivity index (χ4v) is 3.29. The number of halogens is 3. The van der Waals surface area contributed by atoms with Crippen molar-refractivity contribution in [1.29, 1.82) is 0 Å². The van der Waals surface area contributed by atoms with Crippen LogP contribution in [0.15, 0.2) is 59.5 Å². The third kappa shape index (κ3) is 5.74. The third-order valence-corrected chi connectivity index (χ3v) is 4.73. The molecule has 0 amide bonds. The first-order valence-electron chi connectivity index (χ1n) is 7.22. The van der Waals surface area contributed by atoms with Gasteiger partial charge in [-0.2, -0.15) is 4.72 Å². The van der Waals surface area contributed by atoms with Gasteiger partial charge < -0.3 is 9.84 Å². The van der Waals surface area contributed by atoms with Gasteiger partial charge >= 0.3 is 12.3 Å². The van der Waals surface area contributed by atoms with E-state index in [4.69, 9.17) is 0 Å². The van der Waals surface area contributed by atoms with Gasteiger partial charge in [-0.1, -0.05) is 30.3 Å². The maximum Gasteiger partial charge on any atom is 0.573 e. The molecule has 140 valence electrons. The average molecular weight is 389 g/mol. The summed E-state index contributed by atoms with van der Waals surface area (Å²) >= 11 is 0. The normalized spacial score (nSPS) is 13.2. The lowest BCUT2D eigenvalue weighted by atomic mass is 10.1. The number of ether oxygens (including phenoxy) is 1. The fraction of sp³-hybridized carbons (Fsp3) is 0.188. The van der Waals surface area contributed by atoms with E-state index in [2.05, 4.69) is 4.74 Å². The Morgan fingerprint density at radius 3 is 2.15 bits per heavy atom. The molecule has 2 rings (SSSR count). The lowest BCUT2D eigenvalue weighted by Crippen LogP contribution is -2.42. The number of alkyl halides is 3. The molecule has 0 radical (unpaired) electrons. The number of carbonyl (C=O) groups is 1. The molecule has 26 heavy (non-hydrogen) atoms. The Bertz CT molecular complexity index is 852. The van der Waals surface area contributed by atoms with Crippen LogP contribution in [0, 0.1) is 0 Å². The highest BCUT2D eigenvalue weighted by atomic mass is 32.2. The first kappa shape index (κ1) is 19.7. The van der Waals surface area contributed by atoms with Crippen molar-refractivity contribution in [3.8, 4) is 5.75 Å². The number of aliphatic carboxylic acids is 1. The summed E-state index contributed by atoms with van der Waals surface area (Å²) in [5.41, 5.74) is 0.608. The largest absolute Gasteiger partial charge is 0.573 e. The number of carboxylic acids is 1. The van der Waals surface area contributed by atoms with Gasteiger partial charge in [0.1, 0.15) is 11.8 Å². The van der Waals surface area contributed by atoms with Gasteiger partial charge in [-0.05, 0) is 36.2 Å². The molecule has 0 heterocycles. The Hall–Kier alpha value is -2.59. The number of hydrogen-bond donors (Lipinski definition) is 2. The van der Waals surface area contributed by atoms with Crippen molar-refractivity contribution in [3.63, 3.8) is 0 Å². The molecule has 6 nitrogen and oxygen atoms in total. The van der Waals surface area contributed by atoms with Crippen molar-refractivity contribution in [1.82, 2.24) is 4.72 Å². The first-order chi connectivity index (χ1) is 12.1. The summed E-state index contributed by atoms with van der Waals surface area (Å²) in [4.78, 5) is 11.0. The van der Waals surface area contributed by atoms with E-state index < -0.39 is 34.1 Å². The highest BCUT2D eigenvalue weighted by Crippen LogP contribution is 2.24. The predicted molar refractivity (Wildman–Crippen MR) is 85.0 cm³/mol. The maximum absolute atomic E-state index is 12.3. The number of hydrogen-bond acceptors (Lipinski definition) is 4. The molecule has 0 saturated carbocycles. The van der Waals surface area contributed by atoms with Crippen LogP contribution in [0.4, 0.5) is 13.2 Å². The van der Waals surface area contributed by atoms with Crippen LogP contribution >= 0.6 is 0 Å². The van der Waals surface area contributed by atoms with E-state index in [1.807, 2.05) is 4.72 Å². The number of sulfonamides is 1. The zero-order chi connectivity index (χ0) is 19.4. The second-order valence-electron chi connectivity index (χ2n) is 5.22. The maximum atomic E-state index is 12.3. The van der Waals surface area contributed by atoms with Crippen LogP contribution in [0.3, 0.4) is 0 Å². The molecule has 0 fully saturated rings. The summed E-state index contributed by atoms with van der Waals surface area (Å²) in [6.07, 6.45) is -4.99. The van der Waals surface area contributed by atoms with Crippen molar-refractivity contribution < 1.29 is 36.2 Å². The van der Waals surface area contributed by atoms with E-state index in [0.717, 1.165) is 24.3 Å². The van der Waals surface area contributed by atoms with Gasteiger partial charge in [0.2, 0.25) is 10.0 Å². The lowest BCUT2D eigenvalue weighted by Gasteiger charge is -2.15. The fourth-order valence-electron chi connectivity index (χ4n) is 2.10. The Morgan fingerprint density at radius 2 is 1.65 bits per heavy atom. The lowest BCUT2D eigenvalue weighted by molar-refractivity contribution is -0.274. The Balaban J connectivity index is 2.16. The summed E-state index contributed by atoms with van der Waals surface area (Å²) in [5, 5.41) is 9.24. The van der Waals surface area contributed by atoms with Gasteiger partial charge in [0, 0.05) is 0 Å². The van der Waals surface area contributed by atoms with Crippen LogP contribution < -0.4 is 9.46 Å². The first-order valence-corrected chi connectivity index (χ1v) is 8.70. The molecule has 0 aliphatic heterocycles. The summed E-state index contributed by atoms with van der Waals surface area (Å²) in [6, 6.07) is 10.4. The van der Waals surface area contributed by atoms with E-state index >= 15 is 0 Å². The molecule has 0 bridgehead atoms. The van der Waals surface area contributed by atoms with E-state index in [-0.39, 0.29) is 11.3 Å². The summed E-state index contributed by atoms with van der Waals surface area (Å²) in [5.74, 6) is -1.97. The molecule has 0 spiro atoms. The van der Waals surface area contributed by atoms with E-state index in [9.17, 15) is 31.5 Å². The topological polar surface area (TPSA) is 92.7 Å². The molecule has 1 atom stereocenters. The van der Waals surface area contributed by atoms with Gasteiger partial charge in [0.05, 0.1) is 4.90 Å². The van der Waals surface area contributed by atoms with Crippen molar-refractivity contribution in [2.24, 2.45) is 0 Å². The number of benzene rings is 2. The van der Waals surface area contributed by atoms with Gasteiger partial charge in [0.25, 0.3) is 0 Å². The molecule has 2 aromatic rings. The summed E-state index contributed by atoms with van der Waals surface area (Å²) in [6.45, 7) is 0. The Kier molecular flexibility index (Phi) is 5.88. The minimum absolute atomic E-state index is 0.0926. The van der Waals surface area contributed by atoms with Crippen LogP contribution in [0.25, 0.3) is 0 Å². The van der Waals surface area contributed by atoms with Crippen molar-refractivity contribution in [2.75, 3.05) is 0 Å².